The second-order valence-corrected chi connectivity index (χ2v) is 7.73. The lowest BCUT2D eigenvalue weighted by atomic mass is 10.2. The zero-order valence-electron chi connectivity index (χ0n) is 19.2. The molecule has 4 aromatic rings. The Morgan fingerprint density at radius 2 is 1.79 bits per heavy atom. The van der Waals surface area contributed by atoms with Crippen molar-refractivity contribution in [3.63, 3.8) is 0 Å². The van der Waals surface area contributed by atoms with Crippen LogP contribution in [0.1, 0.15) is 24.7 Å². The van der Waals surface area contributed by atoms with Gasteiger partial charge in [0.2, 0.25) is 11.8 Å². The van der Waals surface area contributed by atoms with Gasteiger partial charge in [0.1, 0.15) is 23.9 Å². The molecule has 1 N–H and O–H groups in total. The Morgan fingerprint density at radius 1 is 1.03 bits per heavy atom. The van der Waals surface area contributed by atoms with E-state index in [4.69, 9.17) is 9.47 Å². The molecule has 8 heteroatoms. The Labute approximate surface area is 197 Å². The summed E-state index contributed by atoms with van der Waals surface area (Å²) in [5, 5.41) is 3.32. The zero-order chi connectivity index (χ0) is 23.9. The van der Waals surface area contributed by atoms with Gasteiger partial charge in [0.15, 0.2) is 0 Å². The minimum atomic E-state index is -0.311. The van der Waals surface area contributed by atoms with Crippen molar-refractivity contribution >= 4 is 16.8 Å². The van der Waals surface area contributed by atoms with Crippen molar-refractivity contribution in [3.05, 3.63) is 88.6 Å². The van der Waals surface area contributed by atoms with Crippen molar-refractivity contribution in [2.45, 2.75) is 33.4 Å². The molecule has 2 aromatic heterocycles. The summed E-state index contributed by atoms with van der Waals surface area (Å²) in [4.78, 5) is 34.2. The maximum atomic E-state index is 12.8. The Bertz CT molecular complexity index is 1350. The summed E-state index contributed by atoms with van der Waals surface area (Å²) in [5.41, 5.74) is 1.08. The topological polar surface area (TPSA) is 95.3 Å². The molecule has 8 nitrogen and oxygen atoms in total. The number of carbonyl (C=O) groups is 1. The van der Waals surface area contributed by atoms with E-state index in [1.165, 1.54) is 4.57 Å². The fourth-order valence-electron chi connectivity index (χ4n) is 3.44. The van der Waals surface area contributed by atoms with Gasteiger partial charge in [0.05, 0.1) is 17.5 Å². The van der Waals surface area contributed by atoms with E-state index in [2.05, 4.69) is 22.2 Å². The van der Waals surface area contributed by atoms with Crippen LogP contribution in [-0.2, 0) is 17.9 Å². The van der Waals surface area contributed by atoms with Crippen molar-refractivity contribution in [2.24, 2.45) is 0 Å². The van der Waals surface area contributed by atoms with Gasteiger partial charge in [-0.25, -0.2) is 9.97 Å². The van der Waals surface area contributed by atoms with Gasteiger partial charge in [-0.05, 0) is 55.8 Å². The predicted octanol–water partition coefficient (Wildman–Crippen LogP) is 4.00. The summed E-state index contributed by atoms with van der Waals surface area (Å²) >= 11 is 0. The number of para-hydroxylation sites is 1. The number of amides is 1. The van der Waals surface area contributed by atoms with Crippen LogP contribution in [0.4, 0.5) is 0 Å². The highest BCUT2D eigenvalue weighted by Crippen LogP contribution is 2.25. The lowest BCUT2D eigenvalue weighted by Gasteiger charge is -2.13. The van der Waals surface area contributed by atoms with Gasteiger partial charge < -0.3 is 14.8 Å². The summed E-state index contributed by atoms with van der Waals surface area (Å²) in [6.45, 7) is 4.50. The number of nitrogens with one attached hydrogen (secondary N) is 1. The number of rotatable bonds is 9. The molecule has 0 fully saturated rings. The molecule has 34 heavy (non-hydrogen) atoms. The van der Waals surface area contributed by atoms with Crippen molar-refractivity contribution in [3.8, 4) is 17.4 Å². The molecule has 0 spiro atoms. The number of aromatic nitrogens is 3. The molecule has 4 rings (SSSR count). The van der Waals surface area contributed by atoms with E-state index >= 15 is 0 Å². The number of carbonyl (C=O) groups excluding carboxylic acids is 1. The summed E-state index contributed by atoms with van der Waals surface area (Å²) in [7, 11) is 0. The van der Waals surface area contributed by atoms with Crippen molar-refractivity contribution in [1.29, 1.82) is 0 Å². The van der Waals surface area contributed by atoms with E-state index in [-0.39, 0.29) is 24.6 Å². The number of ether oxygens (including phenoxy) is 2. The second kappa shape index (κ2) is 10.6. The van der Waals surface area contributed by atoms with E-state index in [1.54, 1.807) is 37.4 Å². The van der Waals surface area contributed by atoms with Gasteiger partial charge >= 0.3 is 0 Å². The van der Waals surface area contributed by atoms with Crippen LogP contribution in [0.15, 0.2) is 71.7 Å². The quantitative estimate of drug-likeness (QED) is 0.407. The van der Waals surface area contributed by atoms with Crippen LogP contribution in [0.25, 0.3) is 10.9 Å². The Kier molecular flexibility index (Phi) is 7.17. The third kappa shape index (κ3) is 5.40. The lowest BCUT2D eigenvalue weighted by Crippen LogP contribution is -2.33. The van der Waals surface area contributed by atoms with Crippen LogP contribution in [-0.4, -0.2) is 27.0 Å². The van der Waals surface area contributed by atoms with Gasteiger partial charge in [-0.15, -0.1) is 0 Å². The van der Waals surface area contributed by atoms with Crippen LogP contribution < -0.4 is 20.3 Å². The minimum Gasteiger partial charge on any atom is -0.494 e. The van der Waals surface area contributed by atoms with Crippen LogP contribution in [0.2, 0.25) is 0 Å². The molecule has 0 atom stereocenters. The molecule has 0 aliphatic heterocycles. The first-order valence-electron chi connectivity index (χ1n) is 11.1. The molecule has 0 saturated carbocycles. The maximum absolute atomic E-state index is 12.8. The highest BCUT2D eigenvalue weighted by molar-refractivity contribution is 5.79. The highest BCUT2D eigenvalue weighted by atomic mass is 16.5. The summed E-state index contributed by atoms with van der Waals surface area (Å²) in [5.74, 6) is 1.95. The predicted molar refractivity (Wildman–Crippen MR) is 129 cm³/mol. The largest absolute Gasteiger partial charge is 0.494 e. The van der Waals surface area contributed by atoms with Crippen molar-refractivity contribution < 1.29 is 14.3 Å². The standard InChI is InChI=1S/C26H26N4O4/c1-3-15-33-20-10-12-21(13-11-20)34-25-19(7-6-14-27-25)16-28-24(31)17-30-18(2)29-23-9-5-4-8-22(23)26(30)32/h4-14H,3,15-17H2,1-2H3,(H,28,31). The monoisotopic (exact) mass is 458 g/mol. The third-order valence-electron chi connectivity index (χ3n) is 5.19. The molecule has 0 bridgehead atoms. The number of hydrogen-bond acceptors (Lipinski definition) is 6. The fraction of sp³-hybridized carbons (Fsp3) is 0.231. The molecular formula is C26H26N4O4. The Hall–Kier alpha value is -4.20. The number of nitrogens with zero attached hydrogens (tertiary/aromatic N) is 3. The summed E-state index contributed by atoms with van der Waals surface area (Å²) < 4.78 is 12.9. The smallest absolute Gasteiger partial charge is 0.261 e. The number of pyridine rings is 1. The normalized spacial score (nSPS) is 10.8. The first-order valence-corrected chi connectivity index (χ1v) is 11.1. The van der Waals surface area contributed by atoms with Crippen molar-refractivity contribution in [1.82, 2.24) is 19.9 Å². The van der Waals surface area contributed by atoms with E-state index in [1.807, 2.05) is 36.4 Å². The Morgan fingerprint density at radius 3 is 2.59 bits per heavy atom. The SMILES string of the molecule is CCCOc1ccc(Oc2ncccc2CNC(=O)Cn2c(C)nc3ccccc3c2=O)cc1. The van der Waals surface area contributed by atoms with Crippen LogP contribution >= 0.6 is 0 Å². The van der Waals surface area contributed by atoms with E-state index in [9.17, 15) is 9.59 Å². The molecule has 0 unspecified atom stereocenters. The molecule has 0 aliphatic rings. The first kappa shape index (κ1) is 23.0. The van der Waals surface area contributed by atoms with Crippen LogP contribution in [0.3, 0.4) is 0 Å². The Balaban J connectivity index is 1.42. The molecule has 174 valence electrons. The van der Waals surface area contributed by atoms with Crippen LogP contribution in [0, 0.1) is 6.92 Å². The van der Waals surface area contributed by atoms with Gasteiger partial charge in [-0.2, -0.15) is 0 Å². The van der Waals surface area contributed by atoms with Gasteiger partial charge in [-0.3, -0.25) is 14.2 Å². The van der Waals surface area contributed by atoms with E-state index < -0.39 is 0 Å². The average molecular weight is 459 g/mol. The number of fused-ring (bicyclic) bond motifs is 1. The molecule has 2 aromatic carbocycles. The van der Waals surface area contributed by atoms with Gasteiger partial charge in [0.25, 0.3) is 5.56 Å². The molecule has 0 saturated heterocycles. The van der Waals surface area contributed by atoms with E-state index in [0.29, 0.717) is 40.5 Å². The highest BCUT2D eigenvalue weighted by Gasteiger charge is 2.13. The molecule has 0 radical (unpaired) electrons. The number of hydrogen-bond donors (Lipinski definition) is 1. The number of aryl methyl sites for hydroxylation is 1. The van der Waals surface area contributed by atoms with Crippen LogP contribution in [0.5, 0.6) is 17.4 Å². The van der Waals surface area contributed by atoms with Gasteiger partial charge in [0, 0.05) is 18.3 Å². The van der Waals surface area contributed by atoms with E-state index in [0.717, 1.165) is 12.2 Å². The molecule has 0 aliphatic carbocycles. The second-order valence-electron chi connectivity index (χ2n) is 7.73. The average Bonchev–Trinajstić information content (AvgIpc) is 2.85. The maximum Gasteiger partial charge on any atom is 0.261 e. The lowest BCUT2D eigenvalue weighted by molar-refractivity contribution is -0.121. The molecule has 1 amide bonds. The fourth-order valence-corrected chi connectivity index (χ4v) is 3.44. The van der Waals surface area contributed by atoms with Crippen molar-refractivity contribution in [2.75, 3.05) is 6.61 Å². The molecular weight excluding hydrogens is 432 g/mol. The first-order chi connectivity index (χ1) is 16.5. The molecule has 2 heterocycles. The third-order valence-corrected chi connectivity index (χ3v) is 5.19. The summed E-state index contributed by atoms with van der Waals surface area (Å²) in [6.07, 6.45) is 2.57. The minimum absolute atomic E-state index is 0.127. The van der Waals surface area contributed by atoms with Gasteiger partial charge in [-0.1, -0.05) is 25.1 Å². The number of benzene rings is 2. The summed E-state index contributed by atoms with van der Waals surface area (Å²) in [6, 6.07) is 18.0. The zero-order valence-corrected chi connectivity index (χ0v) is 19.2.